The number of aliphatic imine (C=N–C) groups is 1. The van der Waals surface area contributed by atoms with Gasteiger partial charge in [-0.1, -0.05) is 45.9 Å². The molecule has 0 fully saturated rings. The third-order valence-corrected chi connectivity index (χ3v) is 3.41. The summed E-state index contributed by atoms with van der Waals surface area (Å²) in [6.45, 7) is 15.6. The largest absolute Gasteiger partial charge is 0.498 e. The summed E-state index contributed by atoms with van der Waals surface area (Å²) < 4.78 is 5.49. The first kappa shape index (κ1) is 17.5. The molecule has 0 radical (unpaired) electrons. The Bertz CT molecular complexity index is 498. The molecule has 21 heavy (non-hydrogen) atoms. The van der Waals surface area contributed by atoms with Crippen LogP contribution in [0.2, 0.25) is 0 Å². The first-order valence-corrected chi connectivity index (χ1v) is 7.86. The van der Waals surface area contributed by atoms with Gasteiger partial charge in [0.2, 0.25) is 0 Å². The zero-order valence-electron chi connectivity index (χ0n) is 14.5. The predicted octanol–water partition coefficient (Wildman–Crippen LogP) is 5.97. The Kier molecular flexibility index (Phi) is 6.67. The lowest BCUT2D eigenvalue weighted by molar-refractivity contribution is 0.232. The number of ether oxygens (including phenoxy) is 1. The van der Waals surface area contributed by atoms with Crippen molar-refractivity contribution in [1.29, 1.82) is 0 Å². The fraction of sp³-hybridized carbons (Fsp3) is 0.526. The van der Waals surface area contributed by atoms with Gasteiger partial charge in [-0.25, -0.2) is 0 Å². The third kappa shape index (κ3) is 5.04. The molecule has 0 aliphatic heterocycles. The average Bonchev–Trinajstić information content (AvgIpc) is 2.38. The maximum absolute atomic E-state index is 5.49. The van der Waals surface area contributed by atoms with Gasteiger partial charge in [0.1, 0.15) is 0 Å². The lowest BCUT2D eigenvalue weighted by Gasteiger charge is -2.16. The van der Waals surface area contributed by atoms with Crippen molar-refractivity contribution in [1.82, 2.24) is 0 Å². The van der Waals surface area contributed by atoms with Crippen LogP contribution in [0.25, 0.3) is 0 Å². The summed E-state index contributed by atoms with van der Waals surface area (Å²) >= 11 is 0. The molecule has 1 aromatic carbocycles. The fourth-order valence-electron chi connectivity index (χ4n) is 2.41. The molecule has 1 aromatic rings. The van der Waals surface area contributed by atoms with Crippen LogP contribution < -0.4 is 0 Å². The van der Waals surface area contributed by atoms with Crippen LogP contribution in [-0.4, -0.2) is 12.3 Å². The van der Waals surface area contributed by atoms with Crippen LogP contribution >= 0.6 is 0 Å². The molecule has 0 N–H and O–H groups in total. The summed E-state index contributed by atoms with van der Waals surface area (Å²) in [5.41, 5.74) is 4.72. The Morgan fingerprint density at radius 2 is 1.62 bits per heavy atom. The third-order valence-electron chi connectivity index (χ3n) is 3.41. The van der Waals surface area contributed by atoms with Crippen LogP contribution in [0.5, 0.6) is 0 Å². The van der Waals surface area contributed by atoms with Crippen LogP contribution in [0.3, 0.4) is 0 Å². The van der Waals surface area contributed by atoms with E-state index in [0.29, 0.717) is 18.4 Å². The van der Waals surface area contributed by atoms with Gasteiger partial charge in [0, 0.05) is 5.71 Å². The zero-order valence-corrected chi connectivity index (χ0v) is 14.5. The Morgan fingerprint density at radius 1 is 1.10 bits per heavy atom. The summed E-state index contributed by atoms with van der Waals surface area (Å²) in [6, 6.07) is 6.50. The molecule has 0 atom stereocenters. The molecule has 116 valence electrons. The van der Waals surface area contributed by atoms with E-state index in [2.05, 4.69) is 45.9 Å². The first-order chi connectivity index (χ1) is 9.86. The van der Waals surface area contributed by atoms with E-state index >= 15 is 0 Å². The first-order valence-electron chi connectivity index (χ1n) is 7.86. The molecule has 0 saturated carbocycles. The van der Waals surface area contributed by atoms with Crippen molar-refractivity contribution in [3.8, 4) is 0 Å². The summed E-state index contributed by atoms with van der Waals surface area (Å²) in [6.07, 6.45) is 2.00. The van der Waals surface area contributed by atoms with E-state index < -0.39 is 0 Å². The smallest absolute Gasteiger partial charge is 0.0946 e. The van der Waals surface area contributed by atoms with Crippen molar-refractivity contribution in [2.45, 2.75) is 60.3 Å². The topological polar surface area (TPSA) is 21.6 Å². The van der Waals surface area contributed by atoms with Gasteiger partial charge in [-0.2, -0.15) is 0 Å². The second-order valence-electron chi connectivity index (χ2n) is 6.04. The Labute approximate surface area is 129 Å². The molecular formula is C19H29NO. The van der Waals surface area contributed by atoms with E-state index in [4.69, 9.17) is 9.73 Å². The van der Waals surface area contributed by atoms with Crippen LogP contribution in [0.1, 0.15) is 71.4 Å². The maximum Gasteiger partial charge on any atom is 0.0946 e. The molecule has 0 bridgehead atoms. The van der Waals surface area contributed by atoms with Gasteiger partial charge in [0.25, 0.3) is 0 Å². The van der Waals surface area contributed by atoms with Gasteiger partial charge >= 0.3 is 0 Å². The van der Waals surface area contributed by atoms with Crippen molar-refractivity contribution in [2.24, 2.45) is 4.99 Å². The van der Waals surface area contributed by atoms with Crippen molar-refractivity contribution >= 4 is 11.4 Å². The number of rotatable bonds is 6. The average molecular weight is 287 g/mol. The molecule has 2 nitrogen and oxygen atoms in total. The molecule has 0 unspecified atom stereocenters. The number of allylic oxidation sites excluding steroid dienone is 2. The lowest BCUT2D eigenvalue weighted by atomic mass is 9.93. The van der Waals surface area contributed by atoms with E-state index in [9.17, 15) is 0 Å². The van der Waals surface area contributed by atoms with Crippen LogP contribution in [0.4, 0.5) is 5.69 Å². The van der Waals surface area contributed by atoms with E-state index in [1.165, 1.54) is 11.1 Å². The van der Waals surface area contributed by atoms with Gasteiger partial charge in [0.15, 0.2) is 0 Å². The lowest BCUT2D eigenvalue weighted by Crippen LogP contribution is -1.98. The zero-order chi connectivity index (χ0) is 16.0. The standard InChI is InChI=1S/C19H29NO/c1-8-21-16(7)12-15(6)20-19-17(13(2)3)10-9-11-18(19)14(4)5/h9-14H,8H2,1-7H3/b16-12-,20-15?. The molecule has 0 amide bonds. The highest BCUT2D eigenvalue weighted by molar-refractivity contribution is 5.95. The molecular weight excluding hydrogens is 258 g/mol. The summed E-state index contributed by atoms with van der Waals surface area (Å²) in [7, 11) is 0. The minimum atomic E-state index is 0.465. The van der Waals surface area contributed by atoms with E-state index in [-0.39, 0.29) is 0 Å². The molecule has 0 aromatic heterocycles. The van der Waals surface area contributed by atoms with Gasteiger partial charge in [-0.3, -0.25) is 4.99 Å². The van der Waals surface area contributed by atoms with Gasteiger partial charge < -0.3 is 4.74 Å². The summed E-state index contributed by atoms with van der Waals surface area (Å²) in [5.74, 6) is 1.84. The number of hydrogen-bond acceptors (Lipinski definition) is 2. The Hall–Kier alpha value is -1.57. The predicted molar refractivity (Wildman–Crippen MR) is 92.8 cm³/mol. The highest BCUT2D eigenvalue weighted by Crippen LogP contribution is 2.34. The van der Waals surface area contributed by atoms with E-state index in [1.807, 2.05) is 26.8 Å². The minimum Gasteiger partial charge on any atom is -0.498 e. The van der Waals surface area contributed by atoms with Crippen molar-refractivity contribution < 1.29 is 4.74 Å². The fourth-order valence-corrected chi connectivity index (χ4v) is 2.41. The monoisotopic (exact) mass is 287 g/mol. The Balaban J connectivity index is 3.30. The number of nitrogens with zero attached hydrogens (tertiary/aromatic N) is 1. The quantitative estimate of drug-likeness (QED) is 0.467. The van der Waals surface area contributed by atoms with Crippen LogP contribution in [0.15, 0.2) is 35.0 Å². The summed E-state index contributed by atoms with van der Waals surface area (Å²) in [5, 5.41) is 0. The molecule has 0 spiro atoms. The SMILES string of the molecule is CCO/C(C)=C\C(C)=Nc1c(C(C)C)cccc1C(C)C. The molecule has 2 heteroatoms. The second-order valence-corrected chi connectivity index (χ2v) is 6.04. The highest BCUT2D eigenvalue weighted by atomic mass is 16.5. The van der Waals surface area contributed by atoms with Gasteiger partial charge in [-0.05, 0) is 49.8 Å². The molecule has 1 rings (SSSR count). The van der Waals surface area contributed by atoms with Gasteiger partial charge in [-0.15, -0.1) is 0 Å². The van der Waals surface area contributed by atoms with Crippen molar-refractivity contribution in [2.75, 3.05) is 6.61 Å². The molecule has 0 saturated heterocycles. The minimum absolute atomic E-state index is 0.465. The van der Waals surface area contributed by atoms with Gasteiger partial charge in [0.05, 0.1) is 18.1 Å². The molecule has 0 heterocycles. The molecule has 0 aliphatic rings. The molecule has 0 aliphatic carbocycles. The van der Waals surface area contributed by atoms with Crippen molar-refractivity contribution in [3.05, 3.63) is 41.2 Å². The Morgan fingerprint density at radius 3 is 2.05 bits per heavy atom. The van der Waals surface area contributed by atoms with E-state index in [1.54, 1.807) is 0 Å². The van der Waals surface area contributed by atoms with Crippen LogP contribution in [0, 0.1) is 0 Å². The number of para-hydroxylation sites is 1. The van der Waals surface area contributed by atoms with Crippen molar-refractivity contribution in [3.63, 3.8) is 0 Å². The maximum atomic E-state index is 5.49. The normalized spacial score (nSPS) is 13.2. The number of benzene rings is 1. The van der Waals surface area contributed by atoms with E-state index in [0.717, 1.165) is 17.2 Å². The second kappa shape index (κ2) is 8.02. The summed E-state index contributed by atoms with van der Waals surface area (Å²) in [4.78, 5) is 4.88. The highest BCUT2D eigenvalue weighted by Gasteiger charge is 2.13. The number of hydrogen-bond donors (Lipinski definition) is 0. The van der Waals surface area contributed by atoms with Crippen LogP contribution in [-0.2, 0) is 4.74 Å².